The van der Waals surface area contributed by atoms with Crippen LogP contribution >= 0.6 is 11.3 Å². The average molecular weight is 467 g/mol. The second-order valence-corrected chi connectivity index (χ2v) is 9.60. The molecule has 5 rings (SSSR count). The number of nitrogens with one attached hydrogen (secondary N) is 1. The molecule has 7 nitrogen and oxygen atoms in total. The number of ether oxygens (including phenoxy) is 1. The molecule has 0 bridgehead atoms. The SMILES string of the molecule is Nc1ccc(-c2cccs2)cc1NC(=O)c1ccc(CN2CCC(N3CCOCC3)CC2)o1. The number of nitrogens with zero attached hydrogens (tertiary/aromatic N) is 2. The molecular weight excluding hydrogens is 436 g/mol. The number of rotatable bonds is 6. The predicted molar refractivity (Wildman–Crippen MR) is 132 cm³/mol. The van der Waals surface area contributed by atoms with Crippen LogP contribution in [0.15, 0.2) is 52.3 Å². The van der Waals surface area contributed by atoms with Crippen LogP contribution in [0.2, 0.25) is 0 Å². The summed E-state index contributed by atoms with van der Waals surface area (Å²) in [5.74, 6) is 0.821. The Kier molecular flexibility index (Phi) is 6.78. The zero-order valence-electron chi connectivity index (χ0n) is 18.7. The van der Waals surface area contributed by atoms with Crippen molar-refractivity contribution in [3.63, 3.8) is 0 Å². The van der Waals surface area contributed by atoms with Gasteiger partial charge in [-0.3, -0.25) is 14.6 Å². The molecular formula is C25H30N4O3S. The van der Waals surface area contributed by atoms with Crippen molar-refractivity contribution in [1.82, 2.24) is 9.80 Å². The second-order valence-electron chi connectivity index (χ2n) is 8.66. The molecule has 3 N–H and O–H groups in total. The molecule has 174 valence electrons. The third-order valence-corrected chi connectivity index (χ3v) is 7.41. The summed E-state index contributed by atoms with van der Waals surface area (Å²) in [6.07, 6.45) is 2.32. The normalized spacial score (nSPS) is 18.4. The summed E-state index contributed by atoms with van der Waals surface area (Å²) in [7, 11) is 0. The number of amides is 1. The number of nitrogens with two attached hydrogens (primary N) is 1. The van der Waals surface area contributed by atoms with Gasteiger partial charge in [-0.1, -0.05) is 12.1 Å². The highest BCUT2D eigenvalue weighted by Gasteiger charge is 2.26. The molecule has 2 saturated heterocycles. The van der Waals surface area contributed by atoms with E-state index in [0.29, 0.717) is 23.2 Å². The van der Waals surface area contributed by atoms with Crippen molar-refractivity contribution in [3.8, 4) is 10.4 Å². The van der Waals surface area contributed by atoms with Gasteiger partial charge in [0.2, 0.25) is 0 Å². The van der Waals surface area contributed by atoms with Gasteiger partial charge in [0.1, 0.15) is 5.76 Å². The first kappa shape index (κ1) is 22.2. The minimum absolute atomic E-state index is 0.290. The summed E-state index contributed by atoms with van der Waals surface area (Å²) < 4.78 is 11.4. The third kappa shape index (κ3) is 5.30. The van der Waals surface area contributed by atoms with Crippen molar-refractivity contribution < 1.29 is 13.9 Å². The van der Waals surface area contributed by atoms with Gasteiger partial charge in [0.15, 0.2) is 5.76 Å². The van der Waals surface area contributed by atoms with Crippen LogP contribution in [0.3, 0.4) is 0 Å². The molecule has 0 atom stereocenters. The summed E-state index contributed by atoms with van der Waals surface area (Å²) in [6.45, 7) is 6.58. The summed E-state index contributed by atoms with van der Waals surface area (Å²) in [5, 5.41) is 4.93. The number of morpholine rings is 1. The molecule has 0 spiro atoms. The van der Waals surface area contributed by atoms with E-state index in [9.17, 15) is 4.79 Å². The first-order valence-corrected chi connectivity index (χ1v) is 12.4. The van der Waals surface area contributed by atoms with Crippen LogP contribution in [-0.4, -0.2) is 61.1 Å². The van der Waals surface area contributed by atoms with Crippen LogP contribution < -0.4 is 11.1 Å². The largest absolute Gasteiger partial charge is 0.455 e. The molecule has 33 heavy (non-hydrogen) atoms. The van der Waals surface area contributed by atoms with Crippen molar-refractivity contribution in [3.05, 3.63) is 59.4 Å². The van der Waals surface area contributed by atoms with Crippen LogP contribution in [0.4, 0.5) is 11.4 Å². The number of hydrogen-bond donors (Lipinski definition) is 2. The Balaban J connectivity index is 1.16. The van der Waals surface area contributed by atoms with E-state index < -0.39 is 0 Å². The molecule has 0 saturated carbocycles. The highest BCUT2D eigenvalue weighted by atomic mass is 32.1. The van der Waals surface area contributed by atoms with E-state index in [1.807, 2.05) is 41.8 Å². The number of likely N-dealkylation sites (tertiary alicyclic amines) is 1. The Bertz CT molecular complexity index is 1070. The maximum Gasteiger partial charge on any atom is 0.291 e. The highest BCUT2D eigenvalue weighted by molar-refractivity contribution is 7.13. The van der Waals surface area contributed by atoms with Crippen molar-refractivity contribution in [2.75, 3.05) is 50.4 Å². The summed E-state index contributed by atoms with van der Waals surface area (Å²) in [6, 6.07) is 14.0. The average Bonchev–Trinajstić information content (AvgIpc) is 3.54. The third-order valence-electron chi connectivity index (χ3n) is 6.49. The molecule has 8 heteroatoms. The van der Waals surface area contributed by atoms with Crippen LogP contribution in [0.1, 0.15) is 29.2 Å². The molecule has 0 radical (unpaired) electrons. The fourth-order valence-corrected chi connectivity index (χ4v) is 5.36. The number of piperidine rings is 1. The lowest BCUT2D eigenvalue weighted by Gasteiger charge is -2.39. The number of carbonyl (C=O) groups excluding carboxylic acids is 1. The quantitative estimate of drug-likeness (QED) is 0.531. The zero-order chi connectivity index (χ0) is 22.6. The van der Waals surface area contributed by atoms with E-state index in [2.05, 4.69) is 15.1 Å². The number of thiophene rings is 1. The standard InChI is InChI=1S/C25H30N4O3S/c26-21-5-3-18(24-2-1-15-33-24)16-22(21)27-25(30)23-6-4-20(32-23)17-28-9-7-19(8-10-28)29-11-13-31-14-12-29/h1-6,15-16,19H,7-14,17,26H2,(H,27,30). The van der Waals surface area contributed by atoms with E-state index in [1.165, 1.54) is 0 Å². The maximum atomic E-state index is 12.8. The van der Waals surface area contributed by atoms with E-state index in [4.69, 9.17) is 14.9 Å². The fraction of sp³-hybridized carbons (Fsp3) is 0.400. The van der Waals surface area contributed by atoms with Gasteiger partial charge in [-0.2, -0.15) is 0 Å². The first-order chi connectivity index (χ1) is 16.2. The lowest BCUT2D eigenvalue weighted by atomic mass is 10.0. The van der Waals surface area contributed by atoms with Gasteiger partial charge in [0, 0.05) is 37.1 Å². The monoisotopic (exact) mass is 466 g/mol. The van der Waals surface area contributed by atoms with Gasteiger partial charge in [0.05, 0.1) is 31.1 Å². The number of nitrogen functional groups attached to an aromatic ring is 1. The topological polar surface area (TPSA) is 84.0 Å². The van der Waals surface area contributed by atoms with Gasteiger partial charge in [-0.15, -0.1) is 11.3 Å². The number of furan rings is 1. The van der Waals surface area contributed by atoms with Crippen molar-refractivity contribution in [1.29, 1.82) is 0 Å². The van der Waals surface area contributed by atoms with Gasteiger partial charge >= 0.3 is 0 Å². The zero-order valence-corrected chi connectivity index (χ0v) is 19.5. The first-order valence-electron chi connectivity index (χ1n) is 11.5. The van der Waals surface area contributed by atoms with Gasteiger partial charge in [0.25, 0.3) is 5.91 Å². The molecule has 3 aromatic rings. The highest BCUT2D eigenvalue weighted by Crippen LogP contribution is 2.30. The Morgan fingerprint density at radius 1 is 1.09 bits per heavy atom. The van der Waals surface area contributed by atoms with Crippen molar-refractivity contribution >= 4 is 28.6 Å². The van der Waals surface area contributed by atoms with Crippen molar-refractivity contribution in [2.24, 2.45) is 0 Å². The molecule has 2 aromatic heterocycles. The van der Waals surface area contributed by atoms with E-state index in [-0.39, 0.29) is 5.91 Å². The summed E-state index contributed by atoms with van der Waals surface area (Å²) in [5.41, 5.74) is 8.25. The van der Waals surface area contributed by atoms with E-state index >= 15 is 0 Å². The van der Waals surface area contributed by atoms with Gasteiger partial charge < -0.3 is 20.2 Å². The molecule has 4 heterocycles. The maximum absolute atomic E-state index is 12.8. The number of benzene rings is 1. The molecule has 1 aromatic carbocycles. The Morgan fingerprint density at radius 3 is 2.67 bits per heavy atom. The number of anilines is 2. The molecule has 2 fully saturated rings. The molecule has 1 amide bonds. The van der Waals surface area contributed by atoms with Crippen LogP contribution in [0, 0.1) is 0 Å². The van der Waals surface area contributed by atoms with Gasteiger partial charge in [-0.05, 0) is 54.1 Å². The molecule has 0 aliphatic carbocycles. The summed E-state index contributed by atoms with van der Waals surface area (Å²) in [4.78, 5) is 18.9. The molecule has 2 aliphatic heterocycles. The smallest absolute Gasteiger partial charge is 0.291 e. The van der Waals surface area contributed by atoms with Crippen LogP contribution in [-0.2, 0) is 11.3 Å². The van der Waals surface area contributed by atoms with Crippen LogP contribution in [0.25, 0.3) is 10.4 Å². The number of hydrogen-bond acceptors (Lipinski definition) is 7. The fourth-order valence-electron chi connectivity index (χ4n) is 4.64. The number of carbonyl (C=O) groups is 1. The van der Waals surface area contributed by atoms with Crippen molar-refractivity contribution in [2.45, 2.75) is 25.4 Å². The molecule has 2 aliphatic rings. The Morgan fingerprint density at radius 2 is 1.91 bits per heavy atom. The lowest BCUT2D eigenvalue weighted by molar-refractivity contribution is -0.000272. The minimum Gasteiger partial charge on any atom is -0.455 e. The van der Waals surface area contributed by atoms with E-state index in [0.717, 1.165) is 75.0 Å². The predicted octanol–water partition coefficient (Wildman–Crippen LogP) is 4.14. The van der Waals surface area contributed by atoms with E-state index in [1.54, 1.807) is 17.4 Å². The second kappa shape index (κ2) is 10.1. The molecule has 0 unspecified atom stereocenters. The summed E-state index contributed by atoms with van der Waals surface area (Å²) >= 11 is 1.65. The van der Waals surface area contributed by atoms with Gasteiger partial charge in [-0.25, -0.2) is 0 Å². The minimum atomic E-state index is -0.290. The van der Waals surface area contributed by atoms with Crippen LogP contribution in [0.5, 0.6) is 0 Å². The lowest BCUT2D eigenvalue weighted by Crippen LogP contribution is -2.48. The Hall–Kier alpha value is -2.65. The Labute approximate surface area is 198 Å².